The SMILES string of the molecule is COc1cc(/C=N/NC(=O)c2cncc(Br)c2)ccc1OC(=O)c1ccccc1Br. The Morgan fingerprint density at radius 2 is 1.87 bits per heavy atom. The largest absolute Gasteiger partial charge is 0.493 e. The highest BCUT2D eigenvalue weighted by Gasteiger charge is 2.15. The van der Waals surface area contributed by atoms with Crippen molar-refractivity contribution in [1.29, 1.82) is 0 Å². The van der Waals surface area contributed by atoms with E-state index in [1.807, 2.05) is 6.07 Å². The number of hydrogen-bond acceptors (Lipinski definition) is 6. The third-order valence-electron chi connectivity index (χ3n) is 3.83. The Morgan fingerprint density at radius 3 is 2.60 bits per heavy atom. The average Bonchev–Trinajstić information content (AvgIpc) is 2.74. The fourth-order valence-corrected chi connectivity index (χ4v) is 3.21. The predicted molar refractivity (Wildman–Crippen MR) is 119 cm³/mol. The number of ether oxygens (including phenoxy) is 2. The zero-order valence-electron chi connectivity index (χ0n) is 15.6. The van der Waals surface area contributed by atoms with E-state index < -0.39 is 11.9 Å². The molecule has 1 N–H and O–H groups in total. The minimum Gasteiger partial charge on any atom is -0.493 e. The number of carbonyl (C=O) groups is 2. The molecule has 1 heterocycles. The molecule has 0 unspecified atom stereocenters. The van der Waals surface area contributed by atoms with Gasteiger partial charge in [-0.3, -0.25) is 9.78 Å². The zero-order valence-corrected chi connectivity index (χ0v) is 18.8. The van der Waals surface area contributed by atoms with Crippen molar-refractivity contribution in [3.05, 3.63) is 86.6 Å². The highest BCUT2D eigenvalue weighted by atomic mass is 79.9. The molecule has 0 fully saturated rings. The lowest BCUT2D eigenvalue weighted by atomic mass is 10.2. The van der Waals surface area contributed by atoms with Crippen LogP contribution in [0.5, 0.6) is 11.5 Å². The van der Waals surface area contributed by atoms with E-state index >= 15 is 0 Å². The maximum absolute atomic E-state index is 12.4. The van der Waals surface area contributed by atoms with Gasteiger partial charge in [-0.25, -0.2) is 10.2 Å². The summed E-state index contributed by atoms with van der Waals surface area (Å²) in [5.41, 5.74) is 3.83. The van der Waals surface area contributed by atoms with Gasteiger partial charge in [0.05, 0.1) is 24.5 Å². The van der Waals surface area contributed by atoms with Crippen LogP contribution in [0.3, 0.4) is 0 Å². The molecule has 0 aliphatic rings. The summed E-state index contributed by atoms with van der Waals surface area (Å²) in [6.45, 7) is 0. The van der Waals surface area contributed by atoms with Gasteiger partial charge in [-0.2, -0.15) is 5.10 Å². The zero-order chi connectivity index (χ0) is 21.5. The summed E-state index contributed by atoms with van der Waals surface area (Å²) >= 11 is 6.59. The van der Waals surface area contributed by atoms with Crippen molar-refractivity contribution < 1.29 is 19.1 Å². The molecule has 3 rings (SSSR count). The number of halogens is 2. The molecule has 0 spiro atoms. The summed E-state index contributed by atoms with van der Waals surface area (Å²) in [6, 6.07) is 13.5. The molecule has 0 bridgehead atoms. The third kappa shape index (κ3) is 5.52. The molecule has 1 aromatic heterocycles. The van der Waals surface area contributed by atoms with Gasteiger partial charge < -0.3 is 9.47 Å². The highest BCUT2D eigenvalue weighted by molar-refractivity contribution is 9.10. The first-order valence-electron chi connectivity index (χ1n) is 8.56. The summed E-state index contributed by atoms with van der Waals surface area (Å²) in [7, 11) is 1.47. The normalized spacial score (nSPS) is 10.6. The minimum atomic E-state index is -0.517. The van der Waals surface area contributed by atoms with Crippen molar-refractivity contribution in [3.63, 3.8) is 0 Å². The van der Waals surface area contributed by atoms with Crippen LogP contribution in [0.4, 0.5) is 0 Å². The van der Waals surface area contributed by atoms with Crippen molar-refractivity contribution >= 4 is 50.0 Å². The number of benzene rings is 2. The van der Waals surface area contributed by atoms with Gasteiger partial charge in [0.25, 0.3) is 5.91 Å². The Hall–Kier alpha value is -3.04. The average molecular weight is 533 g/mol. The van der Waals surface area contributed by atoms with Gasteiger partial charge in [0.2, 0.25) is 0 Å². The summed E-state index contributed by atoms with van der Waals surface area (Å²) in [5.74, 6) is -0.301. The number of nitrogens with zero attached hydrogens (tertiary/aromatic N) is 2. The van der Waals surface area contributed by atoms with Gasteiger partial charge in [0.1, 0.15) is 0 Å². The van der Waals surface area contributed by atoms with Crippen LogP contribution in [0.15, 0.2) is 75.0 Å². The number of esters is 1. The second-order valence-corrected chi connectivity index (χ2v) is 7.64. The van der Waals surface area contributed by atoms with Gasteiger partial charge in [-0.1, -0.05) is 12.1 Å². The Balaban J connectivity index is 1.69. The van der Waals surface area contributed by atoms with Crippen molar-refractivity contribution in [2.45, 2.75) is 0 Å². The van der Waals surface area contributed by atoms with Crippen LogP contribution in [-0.4, -0.2) is 30.2 Å². The van der Waals surface area contributed by atoms with E-state index in [0.29, 0.717) is 31.4 Å². The topological polar surface area (TPSA) is 89.9 Å². The molecule has 0 saturated heterocycles. The Labute approximate surface area is 189 Å². The van der Waals surface area contributed by atoms with E-state index in [1.165, 1.54) is 19.5 Å². The fourth-order valence-electron chi connectivity index (χ4n) is 2.40. The number of methoxy groups -OCH3 is 1. The molecule has 9 heteroatoms. The third-order valence-corrected chi connectivity index (χ3v) is 4.96. The summed E-state index contributed by atoms with van der Waals surface area (Å²) in [6.07, 6.45) is 4.47. The van der Waals surface area contributed by atoms with Gasteiger partial charge >= 0.3 is 5.97 Å². The number of aromatic nitrogens is 1. The van der Waals surface area contributed by atoms with E-state index in [1.54, 1.807) is 48.7 Å². The Morgan fingerprint density at radius 1 is 1.07 bits per heavy atom. The second kappa shape index (κ2) is 10.1. The molecule has 7 nitrogen and oxygen atoms in total. The molecule has 1 amide bonds. The van der Waals surface area contributed by atoms with Crippen LogP contribution in [0.2, 0.25) is 0 Å². The number of carbonyl (C=O) groups excluding carboxylic acids is 2. The number of rotatable bonds is 6. The van der Waals surface area contributed by atoms with E-state index in [9.17, 15) is 9.59 Å². The van der Waals surface area contributed by atoms with E-state index in [2.05, 4.69) is 47.4 Å². The van der Waals surface area contributed by atoms with Crippen molar-refractivity contribution in [3.8, 4) is 11.5 Å². The number of hydrogen-bond donors (Lipinski definition) is 1. The van der Waals surface area contributed by atoms with Crippen LogP contribution in [0, 0.1) is 0 Å². The Bertz CT molecular complexity index is 1120. The maximum atomic E-state index is 12.4. The van der Waals surface area contributed by atoms with Crippen molar-refractivity contribution in [1.82, 2.24) is 10.4 Å². The standard InChI is InChI=1S/C21H15Br2N3O4/c1-29-19-8-13(10-25-26-20(27)14-9-15(22)12-24-11-14)6-7-18(19)30-21(28)16-4-2-3-5-17(16)23/h2-12H,1H3,(H,26,27)/b25-10+. The molecule has 30 heavy (non-hydrogen) atoms. The van der Waals surface area contributed by atoms with Gasteiger partial charge in [-0.05, 0) is 73.8 Å². The van der Waals surface area contributed by atoms with Crippen LogP contribution in [0.1, 0.15) is 26.3 Å². The van der Waals surface area contributed by atoms with Crippen LogP contribution < -0.4 is 14.9 Å². The second-order valence-electron chi connectivity index (χ2n) is 5.87. The smallest absolute Gasteiger partial charge is 0.344 e. The van der Waals surface area contributed by atoms with E-state index in [0.717, 1.165) is 0 Å². The number of hydrazone groups is 1. The highest BCUT2D eigenvalue weighted by Crippen LogP contribution is 2.29. The first kappa shape index (κ1) is 21.7. The molecule has 0 atom stereocenters. The molecular formula is C21H15Br2N3O4. The lowest BCUT2D eigenvalue weighted by Crippen LogP contribution is -2.17. The summed E-state index contributed by atoms with van der Waals surface area (Å²) in [5, 5.41) is 3.94. The van der Waals surface area contributed by atoms with Crippen LogP contribution in [-0.2, 0) is 0 Å². The van der Waals surface area contributed by atoms with Crippen molar-refractivity contribution in [2.24, 2.45) is 5.10 Å². The number of amides is 1. The monoisotopic (exact) mass is 531 g/mol. The maximum Gasteiger partial charge on any atom is 0.344 e. The summed E-state index contributed by atoms with van der Waals surface area (Å²) < 4.78 is 12.1. The quantitative estimate of drug-likeness (QED) is 0.217. The van der Waals surface area contributed by atoms with Crippen LogP contribution >= 0.6 is 31.9 Å². The van der Waals surface area contributed by atoms with Gasteiger partial charge in [-0.15, -0.1) is 0 Å². The molecule has 152 valence electrons. The summed E-state index contributed by atoms with van der Waals surface area (Å²) in [4.78, 5) is 28.4. The molecule has 0 radical (unpaired) electrons. The molecular weight excluding hydrogens is 518 g/mol. The number of nitrogens with one attached hydrogen (secondary N) is 1. The minimum absolute atomic E-state index is 0.264. The lowest BCUT2D eigenvalue weighted by Gasteiger charge is -2.10. The molecule has 2 aromatic carbocycles. The van der Waals surface area contributed by atoms with Gasteiger partial charge in [0, 0.05) is 21.3 Å². The first-order chi connectivity index (χ1) is 14.5. The molecule has 0 aliphatic heterocycles. The fraction of sp³-hybridized carbons (Fsp3) is 0.0476. The Kier molecular flexibility index (Phi) is 7.31. The predicted octanol–water partition coefficient (Wildman–Crippen LogP) is 4.60. The molecule has 0 aliphatic carbocycles. The van der Waals surface area contributed by atoms with Crippen molar-refractivity contribution in [2.75, 3.05) is 7.11 Å². The first-order valence-corrected chi connectivity index (χ1v) is 10.1. The lowest BCUT2D eigenvalue weighted by molar-refractivity contribution is 0.0728. The molecule has 3 aromatic rings. The van der Waals surface area contributed by atoms with Gasteiger partial charge in [0.15, 0.2) is 11.5 Å². The van der Waals surface area contributed by atoms with E-state index in [4.69, 9.17) is 9.47 Å². The van der Waals surface area contributed by atoms with Crippen LogP contribution in [0.25, 0.3) is 0 Å². The van der Waals surface area contributed by atoms with E-state index in [-0.39, 0.29) is 5.75 Å². The number of pyridine rings is 1. The molecule has 0 saturated carbocycles.